The van der Waals surface area contributed by atoms with Crippen LogP contribution in [0.3, 0.4) is 0 Å². The van der Waals surface area contributed by atoms with Crippen LogP contribution in [0.25, 0.3) is 0 Å². The zero-order valence-corrected chi connectivity index (χ0v) is 16.5. The van der Waals surface area contributed by atoms with E-state index in [-0.39, 0.29) is 23.1 Å². The molecule has 0 heterocycles. The molecule has 5 nitrogen and oxygen atoms in total. The normalized spacial score (nSPS) is 12.8. The van der Waals surface area contributed by atoms with E-state index in [4.69, 9.17) is 0 Å². The summed E-state index contributed by atoms with van der Waals surface area (Å²) in [4.78, 5) is 12.2. The second-order valence-electron chi connectivity index (χ2n) is 6.89. The van der Waals surface area contributed by atoms with Gasteiger partial charge in [0.1, 0.15) is 5.82 Å². The van der Waals surface area contributed by atoms with E-state index in [2.05, 4.69) is 10.0 Å². The third kappa shape index (κ3) is 6.45. The number of aryl methyl sites for hydroxylation is 1. The Morgan fingerprint density at radius 2 is 1.63 bits per heavy atom. The number of nitrogens with one attached hydrogen (secondary N) is 2. The number of halogens is 1. The maximum Gasteiger partial charge on any atom is 0.240 e. The summed E-state index contributed by atoms with van der Waals surface area (Å²) < 4.78 is 40.5. The number of hydrogen-bond donors (Lipinski definition) is 2. The molecule has 2 aromatic rings. The van der Waals surface area contributed by atoms with Gasteiger partial charge in [0.2, 0.25) is 15.9 Å². The molecule has 0 saturated carbocycles. The average molecular weight is 392 g/mol. The molecule has 0 radical (unpaired) electrons. The summed E-state index contributed by atoms with van der Waals surface area (Å²) in [5.41, 5.74) is 2.11. The maximum atomic E-state index is 13.0. The van der Waals surface area contributed by atoms with Gasteiger partial charge in [0.05, 0.1) is 4.90 Å². The molecule has 1 atom stereocenters. The summed E-state index contributed by atoms with van der Waals surface area (Å²) >= 11 is 0. The van der Waals surface area contributed by atoms with Crippen molar-refractivity contribution >= 4 is 15.9 Å². The first-order valence-corrected chi connectivity index (χ1v) is 10.3. The summed E-state index contributed by atoms with van der Waals surface area (Å²) in [5.74, 6) is -0.841. The largest absolute Gasteiger partial charge is 0.352 e. The summed E-state index contributed by atoms with van der Waals surface area (Å²) in [6.07, 6.45) is 0.0178. The van der Waals surface area contributed by atoms with Gasteiger partial charge in [-0.1, -0.05) is 43.7 Å². The molecular weight excluding hydrogens is 367 g/mol. The van der Waals surface area contributed by atoms with Crippen molar-refractivity contribution in [1.82, 2.24) is 10.0 Å². The fourth-order valence-corrected chi connectivity index (χ4v) is 3.86. The molecule has 0 aliphatic rings. The highest BCUT2D eigenvalue weighted by molar-refractivity contribution is 7.89. The van der Waals surface area contributed by atoms with Gasteiger partial charge >= 0.3 is 0 Å². The van der Waals surface area contributed by atoms with Crippen molar-refractivity contribution in [2.24, 2.45) is 5.92 Å². The van der Waals surface area contributed by atoms with Gasteiger partial charge in [0.25, 0.3) is 0 Å². The molecule has 7 heteroatoms. The highest BCUT2D eigenvalue weighted by atomic mass is 32.2. The first kappa shape index (κ1) is 21.1. The standard InChI is InChI=1S/C20H25FN2O3S/c1-14(2)19(23-27(25,26)18-10-8-17(21)9-11-18)12-20(24)22-13-16-6-4-15(3)5-7-16/h4-11,14,19,23H,12-13H2,1-3H3,(H,22,24). The van der Waals surface area contributed by atoms with Gasteiger partial charge in [-0.25, -0.2) is 17.5 Å². The molecule has 0 aliphatic carbocycles. The molecule has 0 fully saturated rings. The second kappa shape index (κ2) is 9.10. The predicted molar refractivity (Wildman–Crippen MR) is 103 cm³/mol. The minimum absolute atomic E-state index is 0.0178. The summed E-state index contributed by atoms with van der Waals surface area (Å²) in [5, 5.41) is 2.81. The highest BCUT2D eigenvalue weighted by Crippen LogP contribution is 2.14. The Kier molecular flexibility index (Phi) is 7.10. The molecule has 1 amide bonds. The third-order valence-corrected chi connectivity index (χ3v) is 5.76. The summed E-state index contributed by atoms with van der Waals surface area (Å²) in [6, 6.07) is 11.8. The van der Waals surface area contributed by atoms with E-state index in [1.807, 2.05) is 45.0 Å². The zero-order valence-electron chi connectivity index (χ0n) is 15.7. The fourth-order valence-electron chi connectivity index (χ4n) is 2.47. The van der Waals surface area contributed by atoms with Crippen LogP contribution in [0.5, 0.6) is 0 Å². The van der Waals surface area contributed by atoms with E-state index in [0.717, 1.165) is 23.3 Å². The van der Waals surface area contributed by atoms with Gasteiger partial charge in [-0.05, 0) is 42.7 Å². The van der Waals surface area contributed by atoms with E-state index < -0.39 is 21.9 Å². The van der Waals surface area contributed by atoms with Crippen molar-refractivity contribution in [3.8, 4) is 0 Å². The van der Waals surface area contributed by atoms with Crippen molar-refractivity contribution in [2.75, 3.05) is 0 Å². The fraction of sp³-hybridized carbons (Fsp3) is 0.350. The quantitative estimate of drug-likeness (QED) is 0.725. The van der Waals surface area contributed by atoms with Crippen LogP contribution in [0.2, 0.25) is 0 Å². The van der Waals surface area contributed by atoms with E-state index in [0.29, 0.717) is 6.54 Å². The van der Waals surface area contributed by atoms with Crippen LogP contribution in [-0.4, -0.2) is 20.4 Å². The van der Waals surface area contributed by atoms with E-state index >= 15 is 0 Å². The Labute approximate surface area is 160 Å². The topological polar surface area (TPSA) is 75.3 Å². The Morgan fingerprint density at radius 3 is 2.19 bits per heavy atom. The van der Waals surface area contributed by atoms with Gasteiger partial charge < -0.3 is 5.32 Å². The Bertz CT molecular complexity index is 863. The molecule has 0 saturated heterocycles. The monoisotopic (exact) mass is 392 g/mol. The van der Waals surface area contributed by atoms with Crippen LogP contribution in [0, 0.1) is 18.7 Å². The molecule has 0 aliphatic heterocycles. The van der Waals surface area contributed by atoms with Crippen LogP contribution in [-0.2, 0) is 21.4 Å². The smallest absolute Gasteiger partial charge is 0.240 e. The van der Waals surface area contributed by atoms with Crippen LogP contribution in [0.15, 0.2) is 53.4 Å². The Hall–Kier alpha value is -2.25. The minimum atomic E-state index is -3.84. The van der Waals surface area contributed by atoms with Crippen LogP contribution in [0.4, 0.5) is 4.39 Å². The van der Waals surface area contributed by atoms with E-state index in [1.165, 1.54) is 12.1 Å². The maximum absolute atomic E-state index is 13.0. The van der Waals surface area contributed by atoms with Crippen molar-refractivity contribution < 1.29 is 17.6 Å². The first-order valence-electron chi connectivity index (χ1n) is 8.77. The summed E-state index contributed by atoms with van der Waals surface area (Å²) in [6.45, 7) is 6.05. The molecular formula is C20H25FN2O3S. The Balaban J connectivity index is 1.98. The molecule has 2 rings (SSSR count). The van der Waals surface area contributed by atoms with Crippen molar-refractivity contribution in [3.05, 3.63) is 65.5 Å². The zero-order chi connectivity index (χ0) is 20.0. The predicted octanol–water partition coefficient (Wildman–Crippen LogP) is 3.14. The molecule has 27 heavy (non-hydrogen) atoms. The third-order valence-electron chi connectivity index (χ3n) is 4.25. The van der Waals surface area contributed by atoms with Gasteiger partial charge in [-0.15, -0.1) is 0 Å². The van der Waals surface area contributed by atoms with Gasteiger partial charge in [0, 0.05) is 19.0 Å². The SMILES string of the molecule is Cc1ccc(CNC(=O)CC(NS(=O)(=O)c2ccc(F)cc2)C(C)C)cc1. The van der Waals surface area contributed by atoms with Gasteiger partial charge in [-0.2, -0.15) is 0 Å². The van der Waals surface area contributed by atoms with Crippen molar-refractivity contribution in [1.29, 1.82) is 0 Å². The first-order chi connectivity index (χ1) is 12.7. The molecule has 2 aromatic carbocycles. The van der Waals surface area contributed by atoms with E-state index in [9.17, 15) is 17.6 Å². The number of carbonyl (C=O) groups is 1. The molecule has 0 aromatic heterocycles. The lowest BCUT2D eigenvalue weighted by Gasteiger charge is -2.22. The minimum Gasteiger partial charge on any atom is -0.352 e. The van der Waals surface area contributed by atoms with Crippen LogP contribution < -0.4 is 10.0 Å². The highest BCUT2D eigenvalue weighted by Gasteiger charge is 2.24. The molecule has 0 spiro atoms. The van der Waals surface area contributed by atoms with Crippen molar-refractivity contribution in [3.63, 3.8) is 0 Å². The number of sulfonamides is 1. The number of amides is 1. The van der Waals surface area contributed by atoms with Crippen LogP contribution in [0.1, 0.15) is 31.4 Å². The lowest BCUT2D eigenvalue weighted by Crippen LogP contribution is -2.42. The lowest BCUT2D eigenvalue weighted by molar-refractivity contribution is -0.121. The molecule has 1 unspecified atom stereocenters. The van der Waals surface area contributed by atoms with Gasteiger partial charge in [-0.3, -0.25) is 4.79 Å². The number of carbonyl (C=O) groups excluding carboxylic acids is 1. The van der Waals surface area contributed by atoms with Crippen LogP contribution >= 0.6 is 0 Å². The van der Waals surface area contributed by atoms with Crippen molar-refractivity contribution in [2.45, 2.75) is 44.7 Å². The lowest BCUT2D eigenvalue weighted by atomic mass is 10.0. The molecule has 2 N–H and O–H groups in total. The molecule has 146 valence electrons. The Morgan fingerprint density at radius 1 is 1.04 bits per heavy atom. The second-order valence-corrected chi connectivity index (χ2v) is 8.61. The number of rotatable bonds is 8. The van der Waals surface area contributed by atoms with Gasteiger partial charge in [0.15, 0.2) is 0 Å². The average Bonchev–Trinajstić information content (AvgIpc) is 2.61. The summed E-state index contributed by atoms with van der Waals surface area (Å²) in [7, 11) is -3.84. The number of benzene rings is 2. The molecule has 0 bridgehead atoms. The number of hydrogen-bond acceptors (Lipinski definition) is 3. The van der Waals surface area contributed by atoms with E-state index in [1.54, 1.807) is 0 Å².